The third-order valence-corrected chi connectivity index (χ3v) is 5.00. The third-order valence-electron chi connectivity index (χ3n) is 5.00. The van der Waals surface area contributed by atoms with Gasteiger partial charge in [0.25, 0.3) is 0 Å². The van der Waals surface area contributed by atoms with Crippen LogP contribution < -0.4 is 4.90 Å². The van der Waals surface area contributed by atoms with E-state index in [1.54, 1.807) is 0 Å². The van der Waals surface area contributed by atoms with E-state index in [9.17, 15) is 0 Å². The number of anilines is 1. The minimum atomic E-state index is 0.426. The molecule has 0 amide bonds. The van der Waals surface area contributed by atoms with Crippen LogP contribution in [0.1, 0.15) is 55.0 Å². The van der Waals surface area contributed by atoms with Crippen LogP contribution in [0.25, 0.3) is 0 Å². The second-order valence-corrected chi connectivity index (χ2v) is 6.00. The Hall–Kier alpha value is -1.77. The summed E-state index contributed by atoms with van der Waals surface area (Å²) in [5, 5.41) is 4.36. The Morgan fingerprint density at radius 2 is 2.05 bits per heavy atom. The molecule has 3 heteroatoms. The van der Waals surface area contributed by atoms with Crippen molar-refractivity contribution in [3.05, 3.63) is 46.8 Å². The van der Waals surface area contributed by atoms with Gasteiger partial charge in [0, 0.05) is 19.0 Å². The van der Waals surface area contributed by atoms with Crippen molar-refractivity contribution in [2.24, 2.45) is 0 Å². The Morgan fingerprint density at radius 1 is 1.29 bits per heavy atom. The first-order chi connectivity index (χ1) is 10.2. The molecule has 3 rings (SSSR count). The molecule has 1 aliphatic carbocycles. The quantitative estimate of drug-likeness (QED) is 0.839. The average Bonchev–Trinajstić information content (AvgIpc) is 3.07. The molecule has 3 nitrogen and oxygen atoms in total. The molecule has 2 unspecified atom stereocenters. The van der Waals surface area contributed by atoms with Gasteiger partial charge in [-0.15, -0.1) is 0 Å². The van der Waals surface area contributed by atoms with Crippen molar-refractivity contribution >= 4 is 5.69 Å². The minimum absolute atomic E-state index is 0.426. The minimum Gasteiger partial charge on any atom is -0.368 e. The van der Waals surface area contributed by atoms with Crippen molar-refractivity contribution in [2.75, 3.05) is 18.0 Å². The fourth-order valence-corrected chi connectivity index (χ4v) is 3.68. The largest absolute Gasteiger partial charge is 0.368 e. The van der Waals surface area contributed by atoms with Crippen LogP contribution in [0.3, 0.4) is 0 Å². The maximum absolute atomic E-state index is 5.33. The molecule has 1 aromatic heterocycles. The molecule has 21 heavy (non-hydrogen) atoms. The highest BCUT2D eigenvalue weighted by molar-refractivity contribution is 5.54. The van der Waals surface area contributed by atoms with Crippen molar-refractivity contribution in [1.29, 1.82) is 0 Å². The number of nitrogens with zero attached hydrogens (tertiary/aromatic N) is 2. The molecule has 1 aliphatic rings. The zero-order valence-electron chi connectivity index (χ0n) is 13.4. The molecule has 1 heterocycles. The number of aromatic nitrogens is 1. The number of benzene rings is 1. The average molecular weight is 284 g/mol. The van der Waals surface area contributed by atoms with E-state index >= 15 is 0 Å². The summed E-state index contributed by atoms with van der Waals surface area (Å²) in [7, 11) is 0. The van der Waals surface area contributed by atoms with Crippen LogP contribution in [-0.2, 0) is 6.42 Å². The number of fused-ring (bicyclic) bond motifs is 1. The predicted molar refractivity (Wildman–Crippen MR) is 86.1 cm³/mol. The molecule has 0 spiro atoms. The molecule has 0 aliphatic heterocycles. The molecular formula is C18H24N2O. The van der Waals surface area contributed by atoms with Crippen molar-refractivity contribution in [2.45, 2.75) is 46.0 Å². The first-order valence-electron chi connectivity index (χ1n) is 7.94. The van der Waals surface area contributed by atoms with Gasteiger partial charge in [0.1, 0.15) is 17.6 Å². The van der Waals surface area contributed by atoms with Crippen molar-refractivity contribution < 1.29 is 4.52 Å². The van der Waals surface area contributed by atoms with Gasteiger partial charge in [-0.2, -0.15) is 0 Å². The molecule has 112 valence electrons. The highest BCUT2D eigenvalue weighted by atomic mass is 16.5. The Labute approximate surface area is 126 Å². The van der Waals surface area contributed by atoms with Gasteiger partial charge in [-0.25, -0.2) is 0 Å². The lowest BCUT2D eigenvalue weighted by Gasteiger charge is -2.22. The normalized spacial score (nSPS) is 20.6. The van der Waals surface area contributed by atoms with Crippen LogP contribution in [-0.4, -0.2) is 18.2 Å². The molecule has 0 fully saturated rings. The van der Waals surface area contributed by atoms with Crippen LogP contribution >= 0.6 is 0 Å². The van der Waals surface area contributed by atoms with Gasteiger partial charge in [0.2, 0.25) is 0 Å². The Kier molecular flexibility index (Phi) is 3.75. The molecular weight excluding hydrogens is 260 g/mol. The molecule has 0 saturated heterocycles. The summed E-state index contributed by atoms with van der Waals surface area (Å²) < 4.78 is 5.33. The van der Waals surface area contributed by atoms with Crippen LogP contribution in [0.5, 0.6) is 0 Å². The molecule has 2 aromatic rings. The van der Waals surface area contributed by atoms with Gasteiger partial charge in [-0.3, -0.25) is 0 Å². The van der Waals surface area contributed by atoms with E-state index in [1.807, 2.05) is 6.26 Å². The smallest absolute Gasteiger partial charge is 0.147 e. The van der Waals surface area contributed by atoms with E-state index in [4.69, 9.17) is 4.52 Å². The van der Waals surface area contributed by atoms with Crippen LogP contribution in [0, 0.1) is 6.92 Å². The number of hydrogen-bond donors (Lipinski definition) is 0. The van der Waals surface area contributed by atoms with E-state index in [-0.39, 0.29) is 0 Å². The summed E-state index contributed by atoms with van der Waals surface area (Å²) in [5.41, 5.74) is 6.68. The second kappa shape index (κ2) is 5.55. The van der Waals surface area contributed by atoms with E-state index in [1.165, 1.54) is 22.4 Å². The first kappa shape index (κ1) is 14.2. The monoisotopic (exact) mass is 284 g/mol. The molecule has 0 N–H and O–H groups in total. The van der Waals surface area contributed by atoms with Gasteiger partial charge in [0.15, 0.2) is 0 Å². The van der Waals surface area contributed by atoms with Gasteiger partial charge in [-0.1, -0.05) is 30.3 Å². The van der Waals surface area contributed by atoms with E-state index < -0.39 is 0 Å². The van der Waals surface area contributed by atoms with E-state index in [0.29, 0.717) is 11.8 Å². The highest BCUT2D eigenvalue weighted by Crippen LogP contribution is 2.46. The standard InChI is InChI=1S/C18H24N2O/c1-5-20(6-2)17-11-21-19-18(17)16-10-15-12(3)8-7-9-14(15)13(16)4/h7-9,11,13,16H,5-6,10H2,1-4H3. The third kappa shape index (κ3) is 2.25. The van der Waals surface area contributed by atoms with Gasteiger partial charge in [0.05, 0.1) is 0 Å². The lowest BCUT2D eigenvalue weighted by molar-refractivity contribution is 0.401. The Morgan fingerprint density at radius 3 is 2.71 bits per heavy atom. The van der Waals surface area contributed by atoms with Crippen LogP contribution in [0.4, 0.5) is 5.69 Å². The summed E-state index contributed by atoms with van der Waals surface area (Å²) in [6.07, 6.45) is 2.88. The Bertz CT molecular complexity index is 628. The van der Waals surface area contributed by atoms with E-state index in [2.05, 4.69) is 56.0 Å². The molecule has 2 atom stereocenters. The lowest BCUT2D eigenvalue weighted by atomic mass is 9.91. The first-order valence-corrected chi connectivity index (χ1v) is 7.94. The zero-order valence-corrected chi connectivity index (χ0v) is 13.4. The second-order valence-electron chi connectivity index (χ2n) is 6.00. The molecule has 0 bridgehead atoms. The predicted octanol–water partition coefficient (Wildman–Crippen LogP) is 4.27. The molecule has 0 radical (unpaired) electrons. The van der Waals surface area contributed by atoms with Crippen molar-refractivity contribution in [3.63, 3.8) is 0 Å². The fourth-order valence-electron chi connectivity index (χ4n) is 3.68. The topological polar surface area (TPSA) is 29.3 Å². The number of rotatable bonds is 4. The van der Waals surface area contributed by atoms with Gasteiger partial charge in [-0.05, 0) is 49.8 Å². The number of hydrogen-bond acceptors (Lipinski definition) is 3. The van der Waals surface area contributed by atoms with E-state index in [0.717, 1.165) is 25.2 Å². The maximum atomic E-state index is 5.33. The number of aryl methyl sites for hydroxylation is 1. The summed E-state index contributed by atoms with van der Waals surface area (Å²) in [4.78, 5) is 2.33. The molecule has 1 aromatic carbocycles. The molecule has 0 saturated carbocycles. The lowest BCUT2D eigenvalue weighted by Crippen LogP contribution is -2.23. The fraction of sp³-hybridized carbons (Fsp3) is 0.500. The maximum Gasteiger partial charge on any atom is 0.147 e. The highest BCUT2D eigenvalue weighted by Gasteiger charge is 2.35. The SMILES string of the molecule is CCN(CC)c1conc1C1Cc2c(C)cccc2C1C. The zero-order chi connectivity index (χ0) is 15.0. The Balaban J connectivity index is 1.98. The van der Waals surface area contributed by atoms with Crippen LogP contribution in [0.2, 0.25) is 0 Å². The summed E-state index contributed by atoms with van der Waals surface area (Å²) in [6.45, 7) is 10.8. The van der Waals surface area contributed by atoms with Crippen molar-refractivity contribution in [3.8, 4) is 0 Å². The summed E-state index contributed by atoms with van der Waals surface area (Å²) in [6, 6.07) is 6.65. The van der Waals surface area contributed by atoms with Gasteiger partial charge < -0.3 is 9.42 Å². The van der Waals surface area contributed by atoms with Crippen molar-refractivity contribution in [1.82, 2.24) is 5.16 Å². The van der Waals surface area contributed by atoms with Gasteiger partial charge >= 0.3 is 0 Å². The summed E-state index contributed by atoms with van der Waals surface area (Å²) in [5.74, 6) is 0.926. The van der Waals surface area contributed by atoms with Crippen LogP contribution in [0.15, 0.2) is 29.0 Å². The summed E-state index contributed by atoms with van der Waals surface area (Å²) >= 11 is 0.